The zero-order valence-corrected chi connectivity index (χ0v) is 16.0. The van der Waals surface area contributed by atoms with Gasteiger partial charge in [-0.2, -0.15) is 0 Å². The van der Waals surface area contributed by atoms with Crippen LogP contribution in [0.25, 0.3) is 0 Å². The van der Waals surface area contributed by atoms with E-state index < -0.39 is 6.04 Å². The van der Waals surface area contributed by atoms with E-state index in [4.69, 9.17) is 0 Å². The lowest BCUT2D eigenvalue weighted by Gasteiger charge is -2.34. The zero-order chi connectivity index (χ0) is 18.4. The first-order chi connectivity index (χ1) is 11.9. The second-order valence-electron chi connectivity index (χ2n) is 7.71. The molecule has 1 atom stereocenters. The van der Waals surface area contributed by atoms with Crippen molar-refractivity contribution in [3.8, 4) is 0 Å². The fourth-order valence-corrected chi connectivity index (χ4v) is 3.65. The van der Waals surface area contributed by atoms with Crippen molar-refractivity contribution >= 4 is 11.8 Å². The van der Waals surface area contributed by atoms with Crippen LogP contribution in [0.4, 0.5) is 0 Å². The smallest absolute Gasteiger partial charge is 0.252 e. The summed E-state index contributed by atoms with van der Waals surface area (Å²) in [4.78, 5) is 27.6. The first kappa shape index (κ1) is 19.5. The first-order valence-electron chi connectivity index (χ1n) is 9.53. The molecule has 0 saturated heterocycles. The molecular formula is C21H32N2O2. The number of aryl methyl sites for hydroxylation is 1. The van der Waals surface area contributed by atoms with E-state index in [0.29, 0.717) is 23.9 Å². The normalized spacial score (nSPS) is 16.5. The highest BCUT2D eigenvalue weighted by Gasteiger charge is 2.29. The topological polar surface area (TPSA) is 49.4 Å². The van der Waals surface area contributed by atoms with Crippen molar-refractivity contribution in [2.24, 2.45) is 5.92 Å². The lowest BCUT2D eigenvalue weighted by atomic mass is 9.93. The number of benzene rings is 1. The fourth-order valence-electron chi connectivity index (χ4n) is 3.65. The average Bonchev–Trinajstić information content (AvgIpc) is 2.60. The maximum atomic E-state index is 13.0. The molecule has 2 amide bonds. The summed E-state index contributed by atoms with van der Waals surface area (Å²) in [5.41, 5.74) is 1.57. The van der Waals surface area contributed by atoms with Crippen molar-refractivity contribution in [2.45, 2.75) is 71.4 Å². The zero-order valence-electron chi connectivity index (χ0n) is 16.0. The van der Waals surface area contributed by atoms with E-state index >= 15 is 0 Å². The van der Waals surface area contributed by atoms with Gasteiger partial charge in [0.05, 0.1) is 0 Å². The Hall–Kier alpha value is -1.84. The molecule has 4 nitrogen and oxygen atoms in total. The van der Waals surface area contributed by atoms with Gasteiger partial charge in [0.25, 0.3) is 5.91 Å². The highest BCUT2D eigenvalue weighted by atomic mass is 16.2. The van der Waals surface area contributed by atoms with Crippen LogP contribution in [0.15, 0.2) is 24.3 Å². The van der Waals surface area contributed by atoms with Crippen LogP contribution in [0, 0.1) is 12.8 Å². The Morgan fingerprint density at radius 2 is 1.80 bits per heavy atom. The van der Waals surface area contributed by atoms with E-state index in [1.54, 1.807) is 0 Å². The van der Waals surface area contributed by atoms with Gasteiger partial charge in [-0.1, -0.05) is 51.3 Å². The quantitative estimate of drug-likeness (QED) is 0.850. The molecule has 2 rings (SSSR count). The summed E-state index contributed by atoms with van der Waals surface area (Å²) in [6, 6.07) is 7.36. The van der Waals surface area contributed by atoms with E-state index in [0.717, 1.165) is 18.4 Å². The number of carbonyl (C=O) groups excluding carboxylic acids is 2. The molecule has 0 bridgehead atoms. The van der Waals surface area contributed by atoms with Crippen molar-refractivity contribution in [1.82, 2.24) is 10.2 Å². The maximum absolute atomic E-state index is 13.0. The van der Waals surface area contributed by atoms with Gasteiger partial charge in [0, 0.05) is 18.7 Å². The lowest BCUT2D eigenvalue weighted by molar-refractivity contribution is -0.135. The van der Waals surface area contributed by atoms with E-state index in [9.17, 15) is 9.59 Å². The van der Waals surface area contributed by atoms with Crippen LogP contribution in [0.3, 0.4) is 0 Å². The van der Waals surface area contributed by atoms with Crippen LogP contribution < -0.4 is 5.32 Å². The Kier molecular flexibility index (Phi) is 7.03. The summed E-state index contributed by atoms with van der Waals surface area (Å²) in [7, 11) is 1.89. The molecule has 1 unspecified atom stereocenters. The highest BCUT2D eigenvalue weighted by molar-refractivity contribution is 5.98. The van der Waals surface area contributed by atoms with Gasteiger partial charge < -0.3 is 10.2 Å². The summed E-state index contributed by atoms with van der Waals surface area (Å²) >= 11 is 0. The maximum Gasteiger partial charge on any atom is 0.252 e. The van der Waals surface area contributed by atoms with E-state index in [1.165, 1.54) is 19.3 Å². The third-order valence-electron chi connectivity index (χ3n) is 5.17. The van der Waals surface area contributed by atoms with Crippen molar-refractivity contribution in [1.29, 1.82) is 0 Å². The molecule has 138 valence electrons. The molecule has 1 aromatic carbocycles. The van der Waals surface area contributed by atoms with E-state index in [2.05, 4.69) is 19.2 Å². The Morgan fingerprint density at radius 3 is 2.40 bits per heavy atom. The minimum absolute atomic E-state index is 0.0440. The number of carbonyl (C=O) groups is 2. The summed E-state index contributed by atoms with van der Waals surface area (Å²) in [5, 5.41) is 3.00. The molecule has 1 N–H and O–H groups in total. The van der Waals surface area contributed by atoms with Crippen LogP contribution in [-0.4, -0.2) is 35.8 Å². The summed E-state index contributed by atoms with van der Waals surface area (Å²) < 4.78 is 0. The number of amides is 2. The Morgan fingerprint density at radius 1 is 1.16 bits per heavy atom. The SMILES string of the molecule is Cc1ccccc1C(=O)NC(CC(C)C)C(=O)N(C)C1CCCCC1. The van der Waals surface area contributed by atoms with Gasteiger partial charge in [-0.3, -0.25) is 9.59 Å². The molecule has 0 aromatic heterocycles. The van der Waals surface area contributed by atoms with Crippen molar-refractivity contribution in [2.75, 3.05) is 7.05 Å². The van der Waals surface area contributed by atoms with Gasteiger partial charge in [-0.05, 0) is 43.7 Å². The summed E-state index contributed by atoms with van der Waals surface area (Å²) in [5.74, 6) is 0.225. The van der Waals surface area contributed by atoms with E-state index in [1.807, 2.05) is 43.1 Å². The first-order valence-corrected chi connectivity index (χ1v) is 9.53. The molecule has 1 saturated carbocycles. The van der Waals surface area contributed by atoms with Crippen molar-refractivity contribution in [3.05, 3.63) is 35.4 Å². The lowest BCUT2D eigenvalue weighted by Crippen LogP contribution is -2.51. The molecule has 0 radical (unpaired) electrons. The minimum Gasteiger partial charge on any atom is -0.341 e. The van der Waals surface area contributed by atoms with Crippen LogP contribution in [0.5, 0.6) is 0 Å². The second-order valence-corrected chi connectivity index (χ2v) is 7.71. The number of rotatable bonds is 6. The predicted octanol–water partition coefficient (Wildman–Crippen LogP) is 3.93. The third kappa shape index (κ3) is 5.32. The Bertz CT molecular complexity index is 591. The van der Waals surface area contributed by atoms with Gasteiger partial charge in [0.1, 0.15) is 6.04 Å². The Balaban J connectivity index is 2.10. The second kappa shape index (κ2) is 9.02. The van der Waals surface area contributed by atoms with Crippen LogP contribution in [-0.2, 0) is 4.79 Å². The predicted molar refractivity (Wildman–Crippen MR) is 102 cm³/mol. The monoisotopic (exact) mass is 344 g/mol. The highest BCUT2D eigenvalue weighted by Crippen LogP contribution is 2.23. The number of hydrogen-bond donors (Lipinski definition) is 1. The molecule has 4 heteroatoms. The molecule has 25 heavy (non-hydrogen) atoms. The summed E-state index contributed by atoms with van der Waals surface area (Å²) in [6.07, 6.45) is 6.44. The van der Waals surface area contributed by atoms with Crippen LogP contribution in [0.1, 0.15) is 68.3 Å². The molecular weight excluding hydrogens is 312 g/mol. The van der Waals surface area contributed by atoms with Crippen LogP contribution in [0.2, 0.25) is 0 Å². The largest absolute Gasteiger partial charge is 0.341 e. The third-order valence-corrected chi connectivity index (χ3v) is 5.17. The summed E-state index contributed by atoms with van der Waals surface area (Å²) in [6.45, 7) is 6.09. The minimum atomic E-state index is -0.459. The van der Waals surface area contributed by atoms with Gasteiger partial charge >= 0.3 is 0 Å². The molecule has 1 fully saturated rings. The standard InChI is InChI=1S/C21H32N2O2/c1-15(2)14-19(21(25)23(4)17-11-6-5-7-12-17)22-20(24)18-13-9-8-10-16(18)3/h8-10,13,15,17,19H,5-7,11-12,14H2,1-4H3,(H,22,24). The molecule has 0 spiro atoms. The number of likely N-dealkylation sites (N-methyl/N-ethyl adjacent to an activating group) is 1. The molecule has 0 aliphatic heterocycles. The average molecular weight is 344 g/mol. The van der Waals surface area contributed by atoms with E-state index in [-0.39, 0.29) is 11.8 Å². The number of nitrogens with one attached hydrogen (secondary N) is 1. The van der Waals surface area contributed by atoms with Crippen molar-refractivity contribution < 1.29 is 9.59 Å². The van der Waals surface area contributed by atoms with Gasteiger partial charge in [-0.25, -0.2) is 0 Å². The van der Waals surface area contributed by atoms with Gasteiger partial charge in [0.2, 0.25) is 5.91 Å². The van der Waals surface area contributed by atoms with Crippen molar-refractivity contribution in [3.63, 3.8) is 0 Å². The number of hydrogen-bond acceptors (Lipinski definition) is 2. The van der Waals surface area contributed by atoms with Gasteiger partial charge in [-0.15, -0.1) is 0 Å². The molecule has 1 aromatic rings. The Labute approximate surface area is 152 Å². The van der Waals surface area contributed by atoms with Gasteiger partial charge in [0.15, 0.2) is 0 Å². The molecule has 0 heterocycles. The number of nitrogens with zero attached hydrogens (tertiary/aromatic N) is 1. The fraction of sp³-hybridized carbons (Fsp3) is 0.619. The molecule has 1 aliphatic carbocycles. The van der Waals surface area contributed by atoms with Crippen LogP contribution >= 0.6 is 0 Å². The molecule has 1 aliphatic rings.